The average Bonchev–Trinajstić information content (AvgIpc) is 3.19. The minimum Gasteiger partial charge on any atom is -0.341 e. The molecule has 3 heterocycles. The van der Waals surface area contributed by atoms with Crippen LogP contribution in [0.15, 0.2) is 24.3 Å². The van der Waals surface area contributed by atoms with Crippen molar-refractivity contribution in [1.29, 1.82) is 0 Å². The second-order valence-electron chi connectivity index (χ2n) is 8.80. The topological polar surface area (TPSA) is 56.0 Å². The van der Waals surface area contributed by atoms with Crippen LogP contribution >= 0.6 is 0 Å². The summed E-state index contributed by atoms with van der Waals surface area (Å²) in [5.41, 5.74) is 3.72. The van der Waals surface area contributed by atoms with Gasteiger partial charge >= 0.3 is 0 Å². The molecular weight excluding hydrogens is 381 g/mol. The van der Waals surface area contributed by atoms with Crippen LogP contribution in [-0.4, -0.2) is 43.2 Å². The minimum absolute atomic E-state index is 0.122. The van der Waals surface area contributed by atoms with Crippen LogP contribution in [0.1, 0.15) is 61.3 Å². The van der Waals surface area contributed by atoms with Crippen LogP contribution in [0.3, 0.4) is 0 Å². The molecule has 1 saturated carbocycles. The van der Waals surface area contributed by atoms with Crippen LogP contribution in [0.25, 0.3) is 11.0 Å². The zero-order valence-electron chi connectivity index (χ0n) is 17.6. The minimum atomic E-state index is -0.239. The first-order valence-electron chi connectivity index (χ1n) is 11.0. The molecule has 7 heteroatoms. The fourth-order valence-electron chi connectivity index (χ4n) is 4.87. The monoisotopic (exact) mass is 409 g/mol. The third-order valence-corrected chi connectivity index (χ3v) is 6.72. The number of benzene rings is 1. The van der Waals surface area contributed by atoms with Gasteiger partial charge in [0, 0.05) is 36.8 Å². The Kier molecular flexibility index (Phi) is 4.83. The van der Waals surface area contributed by atoms with Crippen LogP contribution in [0.2, 0.25) is 0 Å². The summed E-state index contributed by atoms with van der Waals surface area (Å²) in [4.78, 5) is 19.6. The highest BCUT2D eigenvalue weighted by molar-refractivity contribution is 5.77. The summed E-state index contributed by atoms with van der Waals surface area (Å²) in [6.07, 6.45) is 5.34. The number of hydrogen-bond acceptors (Lipinski definition) is 3. The molecule has 2 aromatic heterocycles. The molecule has 1 aliphatic heterocycles. The molecule has 5 rings (SSSR count). The highest BCUT2D eigenvalue weighted by atomic mass is 19.1. The number of likely N-dealkylation sites (tertiary alicyclic amines) is 1. The van der Waals surface area contributed by atoms with Gasteiger partial charge in [0.1, 0.15) is 18.2 Å². The number of aryl methyl sites for hydroxylation is 2. The van der Waals surface area contributed by atoms with Crippen molar-refractivity contribution in [2.24, 2.45) is 0 Å². The number of carbonyl (C=O) groups is 1. The second-order valence-corrected chi connectivity index (χ2v) is 8.80. The quantitative estimate of drug-likeness (QED) is 0.651. The lowest BCUT2D eigenvalue weighted by atomic mass is 9.84. The number of fused-ring (bicyclic) bond motifs is 1. The van der Waals surface area contributed by atoms with Gasteiger partial charge < -0.3 is 9.47 Å². The van der Waals surface area contributed by atoms with Crippen molar-refractivity contribution < 1.29 is 9.18 Å². The van der Waals surface area contributed by atoms with Crippen molar-refractivity contribution in [3.05, 3.63) is 47.3 Å². The number of piperidine rings is 1. The summed E-state index contributed by atoms with van der Waals surface area (Å²) in [5.74, 6) is 1.47. The molecule has 30 heavy (non-hydrogen) atoms. The Morgan fingerprint density at radius 1 is 1.13 bits per heavy atom. The molecule has 2 fully saturated rings. The fraction of sp³-hybridized carbons (Fsp3) is 0.522. The third-order valence-electron chi connectivity index (χ3n) is 6.72. The smallest absolute Gasteiger partial charge is 0.244 e. The predicted octanol–water partition coefficient (Wildman–Crippen LogP) is 4.12. The zero-order chi connectivity index (χ0) is 20.8. The first-order valence-corrected chi connectivity index (χ1v) is 11.0. The molecule has 1 aromatic carbocycles. The number of halogens is 1. The number of carbonyl (C=O) groups excluding carboxylic acids is 1. The summed E-state index contributed by atoms with van der Waals surface area (Å²) in [6, 6.07) is 7.22. The summed E-state index contributed by atoms with van der Waals surface area (Å²) < 4.78 is 17.9. The van der Waals surface area contributed by atoms with Gasteiger partial charge in [-0.1, -0.05) is 6.42 Å². The van der Waals surface area contributed by atoms with E-state index < -0.39 is 0 Å². The lowest BCUT2D eigenvalue weighted by Gasteiger charge is -2.35. The van der Waals surface area contributed by atoms with Crippen molar-refractivity contribution in [1.82, 2.24) is 24.2 Å². The zero-order valence-corrected chi connectivity index (χ0v) is 17.6. The molecule has 6 nitrogen and oxygen atoms in total. The first-order chi connectivity index (χ1) is 14.5. The lowest BCUT2D eigenvalue weighted by molar-refractivity contribution is -0.133. The Hall–Kier alpha value is -2.70. The maximum absolute atomic E-state index is 13.8. The van der Waals surface area contributed by atoms with Crippen molar-refractivity contribution in [2.45, 2.75) is 64.5 Å². The summed E-state index contributed by atoms with van der Waals surface area (Å²) >= 11 is 0. The van der Waals surface area contributed by atoms with Crippen LogP contribution in [0.4, 0.5) is 4.39 Å². The summed E-state index contributed by atoms with van der Waals surface area (Å²) in [5, 5.41) is 4.41. The van der Waals surface area contributed by atoms with Gasteiger partial charge in [-0.25, -0.2) is 9.37 Å². The normalized spacial score (nSPS) is 18.2. The first kappa shape index (κ1) is 19.3. The van der Waals surface area contributed by atoms with E-state index in [0.717, 1.165) is 67.0 Å². The second kappa shape index (κ2) is 7.52. The lowest BCUT2D eigenvalue weighted by Crippen LogP contribution is -2.41. The standard InChI is InChI=1S/C23H28FN5O/c1-15-12-16(2)28(26-15)14-22(30)27-10-8-19(9-11-27)29-21-7-6-18(24)13-20(21)25-23(29)17-4-3-5-17/h6-7,12-13,17,19H,3-5,8-11,14H2,1-2H3. The van der Waals surface area contributed by atoms with Gasteiger partial charge in [0.2, 0.25) is 5.91 Å². The van der Waals surface area contributed by atoms with Crippen LogP contribution in [0.5, 0.6) is 0 Å². The Balaban J connectivity index is 1.33. The Bertz CT molecular complexity index is 1090. The van der Waals surface area contributed by atoms with Gasteiger partial charge in [0.05, 0.1) is 16.7 Å². The average molecular weight is 410 g/mol. The molecule has 3 aromatic rings. The molecular formula is C23H28FN5O. The van der Waals surface area contributed by atoms with Gasteiger partial charge in [-0.15, -0.1) is 0 Å². The number of nitrogens with zero attached hydrogens (tertiary/aromatic N) is 5. The Morgan fingerprint density at radius 3 is 2.53 bits per heavy atom. The van der Waals surface area contributed by atoms with E-state index in [-0.39, 0.29) is 11.7 Å². The molecule has 1 amide bonds. The van der Waals surface area contributed by atoms with Gasteiger partial charge in [-0.05, 0) is 57.7 Å². The molecule has 0 unspecified atom stereocenters. The molecule has 0 spiro atoms. The Labute approximate surface area is 175 Å². The molecule has 158 valence electrons. The van der Waals surface area contributed by atoms with E-state index in [1.54, 1.807) is 10.7 Å². The summed E-state index contributed by atoms with van der Waals surface area (Å²) in [6.45, 7) is 5.68. The van der Waals surface area contributed by atoms with E-state index in [2.05, 4.69) is 9.67 Å². The van der Waals surface area contributed by atoms with Gasteiger partial charge in [0.15, 0.2) is 0 Å². The molecule has 1 aliphatic carbocycles. The molecule has 0 radical (unpaired) electrons. The van der Waals surface area contributed by atoms with E-state index in [9.17, 15) is 9.18 Å². The van der Waals surface area contributed by atoms with Crippen LogP contribution < -0.4 is 0 Å². The number of hydrogen-bond donors (Lipinski definition) is 0. The number of imidazole rings is 1. The Morgan fingerprint density at radius 2 is 1.90 bits per heavy atom. The molecule has 0 atom stereocenters. The third kappa shape index (κ3) is 3.40. The van der Waals surface area contributed by atoms with E-state index >= 15 is 0 Å². The fourth-order valence-corrected chi connectivity index (χ4v) is 4.87. The van der Waals surface area contributed by atoms with Crippen LogP contribution in [0, 0.1) is 19.7 Å². The van der Waals surface area contributed by atoms with Crippen LogP contribution in [-0.2, 0) is 11.3 Å². The highest BCUT2D eigenvalue weighted by Gasteiger charge is 2.31. The van der Waals surface area contributed by atoms with Gasteiger partial charge in [-0.3, -0.25) is 9.48 Å². The maximum atomic E-state index is 13.8. The number of rotatable bonds is 4. The number of aromatic nitrogens is 4. The predicted molar refractivity (Wildman–Crippen MR) is 113 cm³/mol. The highest BCUT2D eigenvalue weighted by Crippen LogP contribution is 2.40. The summed E-state index contributed by atoms with van der Waals surface area (Å²) in [7, 11) is 0. The van der Waals surface area contributed by atoms with Crippen molar-refractivity contribution in [2.75, 3.05) is 13.1 Å². The van der Waals surface area contributed by atoms with Crippen molar-refractivity contribution in [3.63, 3.8) is 0 Å². The van der Waals surface area contributed by atoms with Crippen molar-refractivity contribution in [3.8, 4) is 0 Å². The van der Waals surface area contributed by atoms with Gasteiger partial charge in [0.25, 0.3) is 0 Å². The molecule has 0 bridgehead atoms. The molecule has 0 N–H and O–H groups in total. The van der Waals surface area contributed by atoms with Gasteiger partial charge in [-0.2, -0.15) is 5.10 Å². The van der Waals surface area contributed by atoms with E-state index in [1.165, 1.54) is 12.5 Å². The molecule has 1 saturated heterocycles. The van der Waals surface area contributed by atoms with E-state index in [0.29, 0.717) is 18.5 Å². The SMILES string of the molecule is Cc1cc(C)n(CC(=O)N2CCC(n3c(C4CCC4)nc4cc(F)ccc43)CC2)n1. The van der Waals surface area contributed by atoms with E-state index in [4.69, 9.17) is 4.98 Å². The largest absolute Gasteiger partial charge is 0.341 e. The van der Waals surface area contributed by atoms with E-state index in [1.807, 2.05) is 30.9 Å². The molecule has 2 aliphatic rings. The maximum Gasteiger partial charge on any atom is 0.244 e. The number of amides is 1. The van der Waals surface area contributed by atoms with Crippen molar-refractivity contribution >= 4 is 16.9 Å².